The van der Waals surface area contributed by atoms with Crippen molar-refractivity contribution in [1.82, 2.24) is 15.2 Å². The number of aromatic nitrogens is 1. The lowest BCUT2D eigenvalue weighted by atomic mass is 10.1. The van der Waals surface area contributed by atoms with E-state index in [2.05, 4.69) is 10.3 Å². The molecular weight excluding hydrogens is 260 g/mol. The van der Waals surface area contributed by atoms with Gasteiger partial charge in [0.05, 0.1) is 31.3 Å². The van der Waals surface area contributed by atoms with Crippen LogP contribution in [0.4, 0.5) is 0 Å². The van der Waals surface area contributed by atoms with Gasteiger partial charge in [-0.05, 0) is 6.07 Å². The van der Waals surface area contributed by atoms with Gasteiger partial charge in [0.25, 0.3) is 0 Å². The molecule has 2 rings (SSSR count). The van der Waals surface area contributed by atoms with Crippen LogP contribution in [0.2, 0.25) is 0 Å². The minimum absolute atomic E-state index is 0.00419. The Bertz CT molecular complexity index is 561. The van der Waals surface area contributed by atoms with Gasteiger partial charge < -0.3 is 15.0 Å². The maximum absolute atomic E-state index is 11.6. The first kappa shape index (κ1) is 13.8. The lowest BCUT2D eigenvalue weighted by Gasteiger charge is -2.38. The van der Waals surface area contributed by atoms with Crippen molar-refractivity contribution < 1.29 is 14.3 Å². The van der Waals surface area contributed by atoms with Crippen LogP contribution in [0.1, 0.15) is 12.5 Å². The molecule has 1 saturated heterocycles. The summed E-state index contributed by atoms with van der Waals surface area (Å²) in [6.45, 7) is 2.28. The van der Waals surface area contributed by atoms with Crippen LogP contribution >= 0.6 is 0 Å². The quantitative estimate of drug-likeness (QED) is 0.811. The number of nitrogens with one attached hydrogen (secondary N) is 1. The second-order valence-corrected chi connectivity index (χ2v) is 4.44. The van der Waals surface area contributed by atoms with Crippen molar-refractivity contribution in [3.8, 4) is 11.9 Å². The minimum Gasteiger partial charge on any atom is -0.471 e. The molecule has 1 aromatic rings. The molecule has 0 bridgehead atoms. The standard InChI is InChI=1S/C13H14N4O3/c1-9(18)16-6-13(19)17-7-11(8-17)20-12-4-10(5-14)2-3-15-12/h2-4,11H,6-8H2,1H3,(H,16,18). The summed E-state index contributed by atoms with van der Waals surface area (Å²) >= 11 is 0. The highest BCUT2D eigenvalue weighted by atomic mass is 16.5. The molecule has 2 heterocycles. The van der Waals surface area contributed by atoms with Gasteiger partial charge >= 0.3 is 0 Å². The van der Waals surface area contributed by atoms with Crippen LogP contribution < -0.4 is 10.1 Å². The monoisotopic (exact) mass is 274 g/mol. The summed E-state index contributed by atoms with van der Waals surface area (Å²) in [5.74, 6) is 0.00554. The molecule has 0 aliphatic carbocycles. The molecule has 1 N–H and O–H groups in total. The number of amides is 2. The second kappa shape index (κ2) is 6.02. The highest BCUT2D eigenvalue weighted by Gasteiger charge is 2.32. The molecule has 0 atom stereocenters. The zero-order valence-electron chi connectivity index (χ0n) is 11.0. The van der Waals surface area contributed by atoms with E-state index in [-0.39, 0.29) is 24.5 Å². The summed E-state index contributed by atoms with van der Waals surface area (Å²) < 4.78 is 5.56. The van der Waals surface area contributed by atoms with Crippen molar-refractivity contribution >= 4 is 11.8 Å². The molecule has 1 fully saturated rings. The van der Waals surface area contributed by atoms with E-state index in [9.17, 15) is 9.59 Å². The Balaban J connectivity index is 1.77. The molecule has 0 aromatic carbocycles. The van der Waals surface area contributed by atoms with E-state index in [1.807, 2.05) is 6.07 Å². The van der Waals surface area contributed by atoms with E-state index in [0.29, 0.717) is 24.5 Å². The van der Waals surface area contributed by atoms with E-state index in [1.165, 1.54) is 13.1 Å². The number of nitriles is 1. The second-order valence-electron chi connectivity index (χ2n) is 4.44. The largest absolute Gasteiger partial charge is 0.471 e. The number of rotatable bonds is 4. The first-order chi connectivity index (χ1) is 9.58. The third-order valence-electron chi connectivity index (χ3n) is 2.84. The van der Waals surface area contributed by atoms with Gasteiger partial charge in [-0.2, -0.15) is 5.26 Å². The molecule has 20 heavy (non-hydrogen) atoms. The fourth-order valence-electron chi connectivity index (χ4n) is 1.74. The maximum Gasteiger partial charge on any atom is 0.242 e. The molecular formula is C13H14N4O3. The average Bonchev–Trinajstić information content (AvgIpc) is 2.40. The predicted molar refractivity (Wildman–Crippen MR) is 68.6 cm³/mol. The Labute approximate surface area is 116 Å². The minimum atomic E-state index is -0.232. The summed E-state index contributed by atoms with van der Waals surface area (Å²) in [4.78, 5) is 27.9. The van der Waals surface area contributed by atoms with Gasteiger partial charge in [-0.15, -0.1) is 0 Å². The van der Waals surface area contributed by atoms with E-state index < -0.39 is 0 Å². The number of hydrogen-bond acceptors (Lipinski definition) is 5. The molecule has 7 heteroatoms. The highest BCUT2D eigenvalue weighted by molar-refractivity contribution is 5.84. The van der Waals surface area contributed by atoms with Gasteiger partial charge in [0, 0.05) is 19.2 Å². The first-order valence-electron chi connectivity index (χ1n) is 6.13. The Hall–Kier alpha value is -2.62. The number of hydrogen-bond donors (Lipinski definition) is 1. The smallest absolute Gasteiger partial charge is 0.242 e. The third-order valence-corrected chi connectivity index (χ3v) is 2.84. The molecule has 7 nitrogen and oxygen atoms in total. The maximum atomic E-state index is 11.6. The number of ether oxygens (including phenoxy) is 1. The average molecular weight is 274 g/mol. The molecule has 1 aliphatic rings. The Morgan fingerprint density at radius 2 is 2.35 bits per heavy atom. The lowest BCUT2D eigenvalue weighted by molar-refractivity contribution is -0.140. The summed E-state index contributed by atoms with van der Waals surface area (Å²) in [6, 6.07) is 5.16. The van der Waals surface area contributed by atoms with Gasteiger partial charge in [-0.1, -0.05) is 0 Å². The summed E-state index contributed by atoms with van der Waals surface area (Å²) in [7, 11) is 0. The molecule has 0 radical (unpaired) electrons. The van der Waals surface area contributed by atoms with Crippen LogP contribution in [0.3, 0.4) is 0 Å². The third kappa shape index (κ3) is 3.45. The number of nitrogens with zero attached hydrogens (tertiary/aromatic N) is 3. The zero-order valence-corrected chi connectivity index (χ0v) is 11.0. The van der Waals surface area contributed by atoms with Gasteiger partial charge in [0.1, 0.15) is 6.10 Å². The molecule has 0 saturated carbocycles. The van der Waals surface area contributed by atoms with Crippen LogP contribution in [-0.2, 0) is 9.59 Å². The van der Waals surface area contributed by atoms with Gasteiger partial charge in [-0.3, -0.25) is 9.59 Å². The molecule has 0 spiro atoms. The molecule has 2 amide bonds. The first-order valence-corrected chi connectivity index (χ1v) is 6.13. The van der Waals surface area contributed by atoms with E-state index in [1.54, 1.807) is 17.0 Å². The number of likely N-dealkylation sites (tertiary alicyclic amines) is 1. The molecule has 1 aromatic heterocycles. The number of pyridine rings is 1. The van der Waals surface area contributed by atoms with Crippen LogP contribution in [0.5, 0.6) is 5.88 Å². The van der Waals surface area contributed by atoms with E-state index >= 15 is 0 Å². The predicted octanol–water partition coefficient (Wildman–Crippen LogP) is -0.321. The summed E-state index contributed by atoms with van der Waals surface area (Å²) in [5.41, 5.74) is 0.480. The Morgan fingerprint density at radius 1 is 1.60 bits per heavy atom. The van der Waals surface area contributed by atoms with Crippen LogP contribution in [-0.4, -0.2) is 47.4 Å². The van der Waals surface area contributed by atoms with E-state index in [4.69, 9.17) is 10.00 Å². The SMILES string of the molecule is CC(=O)NCC(=O)N1CC(Oc2cc(C#N)ccn2)C1. The fraction of sp³-hybridized carbons (Fsp3) is 0.385. The molecule has 1 aliphatic heterocycles. The Kier molecular flexibility index (Phi) is 4.15. The summed E-state index contributed by atoms with van der Waals surface area (Å²) in [5, 5.41) is 11.2. The van der Waals surface area contributed by atoms with Gasteiger partial charge in [0.15, 0.2) is 0 Å². The van der Waals surface area contributed by atoms with Crippen molar-refractivity contribution in [2.75, 3.05) is 19.6 Å². The van der Waals surface area contributed by atoms with Crippen molar-refractivity contribution in [1.29, 1.82) is 5.26 Å². The van der Waals surface area contributed by atoms with Crippen molar-refractivity contribution in [3.05, 3.63) is 23.9 Å². The van der Waals surface area contributed by atoms with E-state index in [0.717, 1.165) is 0 Å². The van der Waals surface area contributed by atoms with Crippen molar-refractivity contribution in [3.63, 3.8) is 0 Å². The molecule has 0 unspecified atom stereocenters. The van der Waals surface area contributed by atoms with Crippen LogP contribution in [0, 0.1) is 11.3 Å². The highest BCUT2D eigenvalue weighted by Crippen LogP contribution is 2.16. The normalized spacial score (nSPS) is 14.1. The lowest BCUT2D eigenvalue weighted by Crippen LogP contribution is -2.58. The molecule has 104 valence electrons. The summed E-state index contributed by atoms with van der Waals surface area (Å²) in [6.07, 6.45) is 1.38. The zero-order chi connectivity index (χ0) is 14.5. The van der Waals surface area contributed by atoms with Crippen molar-refractivity contribution in [2.24, 2.45) is 0 Å². The van der Waals surface area contributed by atoms with Gasteiger partial charge in [0.2, 0.25) is 17.7 Å². The van der Waals surface area contributed by atoms with Crippen molar-refractivity contribution in [2.45, 2.75) is 13.0 Å². The van der Waals surface area contributed by atoms with Crippen LogP contribution in [0.25, 0.3) is 0 Å². The number of carbonyl (C=O) groups excluding carboxylic acids is 2. The van der Waals surface area contributed by atoms with Gasteiger partial charge in [-0.25, -0.2) is 4.98 Å². The number of carbonyl (C=O) groups is 2. The fourth-order valence-corrected chi connectivity index (χ4v) is 1.74. The topological polar surface area (TPSA) is 95.3 Å². The van der Waals surface area contributed by atoms with Crippen LogP contribution in [0.15, 0.2) is 18.3 Å². The Morgan fingerprint density at radius 3 is 3.00 bits per heavy atom.